The van der Waals surface area contributed by atoms with Gasteiger partial charge in [-0.25, -0.2) is 0 Å². The lowest BCUT2D eigenvalue weighted by molar-refractivity contribution is 0.278. The van der Waals surface area contributed by atoms with Crippen molar-refractivity contribution in [3.05, 3.63) is 0 Å². The Morgan fingerprint density at radius 2 is 2.17 bits per heavy atom. The minimum absolute atomic E-state index is 0.820. The molecule has 0 aromatic carbocycles. The van der Waals surface area contributed by atoms with E-state index in [4.69, 9.17) is 0 Å². The standard InChI is InChI=1S/C11H23N/c1-3-4-6-10-7-5-8-11(9-10)12-2/h10-12H,3-9H2,1-2H3. The second-order valence-corrected chi connectivity index (χ2v) is 4.16. The number of unbranched alkanes of at least 4 members (excludes halogenated alkanes) is 1. The van der Waals surface area contributed by atoms with E-state index in [9.17, 15) is 0 Å². The van der Waals surface area contributed by atoms with Crippen LogP contribution in [0.2, 0.25) is 0 Å². The molecule has 1 aliphatic carbocycles. The van der Waals surface area contributed by atoms with Crippen molar-refractivity contribution in [3.8, 4) is 0 Å². The van der Waals surface area contributed by atoms with Crippen LogP contribution >= 0.6 is 0 Å². The van der Waals surface area contributed by atoms with Crippen LogP contribution in [0.25, 0.3) is 0 Å². The van der Waals surface area contributed by atoms with Crippen molar-refractivity contribution in [3.63, 3.8) is 0 Å². The van der Waals surface area contributed by atoms with Gasteiger partial charge in [0.25, 0.3) is 0 Å². The largest absolute Gasteiger partial charge is 0.317 e. The molecular weight excluding hydrogens is 146 g/mol. The van der Waals surface area contributed by atoms with Crippen LogP contribution in [0, 0.1) is 5.92 Å². The Labute approximate surface area is 76.9 Å². The highest BCUT2D eigenvalue weighted by molar-refractivity contribution is 4.76. The Balaban J connectivity index is 2.16. The summed E-state index contributed by atoms with van der Waals surface area (Å²) in [4.78, 5) is 0. The molecule has 1 nitrogen and oxygen atoms in total. The average Bonchev–Trinajstić information content (AvgIpc) is 2.15. The first-order valence-corrected chi connectivity index (χ1v) is 5.54. The Bertz CT molecular complexity index is 112. The van der Waals surface area contributed by atoms with Crippen LogP contribution in [0.4, 0.5) is 0 Å². The van der Waals surface area contributed by atoms with Crippen molar-refractivity contribution in [2.24, 2.45) is 5.92 Å². The molecule has 0 aliphatic heterocycles. The smallest absolute Gasteiger partial charge is 0.00667 e. The predicted octanol–water partition coefficient (Wildman–Crippen LogP) is 2.95. The molecule has 0 bridgehead atoms. The van der Waals surface area contributed by atoms with Gasteiger partial charge in [-0.1, -0.05) is 39.0 Å². The third-order valence-corrected chi connectivity index (χ3v) is 3.16. The number of hydrogen-bond donors (Lipinski definition) is 1. The van der Waals surface area contributed by atoms with Crippen LogP contribution < -0.4 is 5.32 Å². The molecule has 1 aliphatic rings. The summed E-state index contributed by atoms with van der Waals surface area (Å²) in [7, 11) is 2.10. The molecule has 1 N–H and O–H groups in total. The molecule has 0 heterocycles. The van der Waals surface area contributed by atoms with Gasteiger partial charge >= 0.3 is 0 Å². The molecule has 1 heteroatoms. The van der Waals surface area contributed by atoms with Gasteiger partial charge in [0.1, 0.15) is 0 Å². The summed E-state index contributed by atoms with van der Waals surface area (Å²) in [5.41, 5.74) is 0. The van der Waals surface area contributed by atoms with E-state index in [-0.39, 0.29) is 0 Å². The molecule has 0 saturated heterocycles. The zero-order valence-corrected chi connectivity index (χ0v) is 8.60. The van der Waals surface area contributed by atoms with Gasteiger partial charge in [0.15, 0.2) is 0 Å². The second kappa shape index (κ2) is 5.58. The molecule has 2 atom stereocenters. The fourth-order valence-corrected chi connectivity index (χ4v) is 2.31. The molecular formula is C11H23N. The summed E-state index contributed by atoms with van der Waals surface area (Å²) in [5, 5.41) is 3.41. The third kappa shape index (κ3) is 3.14. The lowest BCUT2D eigenvalue weighted by Gasteiger charge is -2.28. The summed E-state index contributed by atoms with van der Waals surface area (Å²) >= 11 is 0. The van der Waals surface area contributed by atoms with E-state index in [1.165, 1.54) is 44.9 Å². The Morgan fingerprint density at radius 1 is 1.33 bits per heavy atom. The highest BCUT2D eigenvalue weighted by atomic mass is 14.9. The minimum atomic E-state index is 0.820. The molecule has 1 saturated carbocycles. The predicted molar refractivity (Wildman–Crippen MR) is 54.3 cm³/mol. The SMILES string of the molecule is CCCCC1CCCC(NC)C1. The van der Waals surface area contributed by atoms with Crippen molar-refractivity contribution in [2.45, 2.75) is 57.9 Å². The number of nitrogens with one attached hydrogen (secondary N) is 1. The summed E-state index contributed by atoms with van der Waals surface area (Å²) in [6.45, 7) is 2.29. The molecule has 72 valence electrons. The van der Waals surface area contributed by atoms with E-state index < -0.39 is 0 Å². The first-order valence-electron chi connectivity index (χ1n) is 5.54. The Hall–Kier alpha value is -0.0400. The topological polar surface area (TPSA) is 12.0 Å². The lowest BCUT2D eigenvalue weighted by Crippen LogP contribution is -2.31. The van der Waals surface area contributed by atoms with Gasteiger partial charge in [0, 0.05) is 6.04 Å². The molecule has 2 unspecified atom stereocenters. The molecule has 0 radical (unpaired) electrons. The van der Waals surface area contributed by atoms with Crippen LogP contribution in [0.15, 0.2) is 0 Å². The van der Waals surface area contributed by atoms with E-state index in [1.54, 1.807) is 0 Å². The molecule has 0 spiro atoms. The zero-order valence-electron chi connectivity index (χ0n) is 8.60. The Morgan fingerprint density at radius 3 is 2.83 bits per heavy atom. The fourth-order valence-electron chi connectivity index (χ4n) is 2.31. The normalized spacial score (nSPS) is 30.5. The van der Waals surface area contributed by atoms with Gasteiger partial charge in [0.05, 0.1) is 0 Å². The van der Waals surface area contributed by atoms with Crippen LogP contribution in [-0.2, 0) is 0 Å². The van der Waals surface area contributed by atoms with E-state index in [2.05, 4.69) is 19.3 Å². The van der Waals surface area contributed by atoms with Gasteiger partial charge < -0.3 is 5.32 Å². The van der Waals surface area contributed by atoms with Gasteiger partial charge in [-0.2, -0.15) is 0 Å². The Kier molecular flexibility index (Phi) is 4.67. The minimum Gasteiger partial charge on any atom is -0.317 e. The van der Waals surface area contributed by atoms with Crippen LogP contribution in [0.1, 0.15) is 51.9 Å². The molecule has 0 aromatic rings. The van der Waals surface area contributed by atoms with Crippen LogP contribution in [0.5, 0.6) is 0 Å². The van der Waals surface area contributed by atoms with Crippen molar-refractivity contribution in [1.82, 2.24) is 5.32 Å². The maximum atomic E-state index is 3.41. The average molecular weight is 169 g/mol. The van der Waals surface area contributed by atoms with E-state index in [0.717, 1.165) is 12.0 Å². The summed E-state index contributed by atoms with van der Waals surface area (Å²) in [5.74, 6) is 1.02. The molecule has 1 fully saturated rings. The zero-order chi connectivity index (χ0) is 8.81. The van der Waals surface area contributed by atoms with Crippen molar-refractivity contribution in [2.75, 3.05) is 7.05 Å². The van der Waals surface area contributed by atoms with Crippen LogP contribution in [0.3, 0.4) is 0 Å². The maximum Gasteiger partial charge on any atom is 0.00667 e. The van der Waals surface area contributed by atoms with Gasteiger partial charge in [0.2, 0.25) is 0 Å². The first kappa shape index (κ1) is 10.0. The van der Waals surface area contributed by atoms with Gasteiger partial charge in [-0.05, 0) is 25.8 Å². The van der Waals surface area contributed by atoms with Crippen molar-refractivity contribution in [1.29, 1.82) is 0 Å². The van der Waals surface area contributed by atoms with Gasteiger partial charge in [-0.3, -0.25) is 0 Å². The second-order valence-electron chi connectivity index (χ2n) is 4.16. The summed E-state index contributed by atoms with van der Waals surface area (Å²) < 4.78 is 0. The summed E-state index contributed by atoms with van der Waals surface area (Å²) in [6, 6.07) is 0.820. The summed E-state index contributed by atoms with van der Waals surface area (Å²) in [6.07, 6.45) is 10.0. The number of rotatable bonds is 4. The molecule has 12 heavy (non-hydrogen) atoms. The van der Waals surface area contributed by atoms with Crippen molar-refractivity contribution < 1.29 is 0 Å². The molecule has 1 rings (SSSR count). The maximum absolute atomic E-state index is 3.41. The molecule has 0 aromatic heterocycles. The monoisotopic (exact) mass is 169 g/mol. The van der Waals surface area contributed by atoms with Crippen LogP contribution in [-0.4, -0.2) is 13.1 Å². The lowest BCUT2D eigenvalue weighted by atomic mass is 9.83. The molecule has 0 amide bonds. The van der Waals surface area contributed by atoms with Crippen molar-refractivity contribution >= 4 is 0 Å². The van der Waals surface area contributed by atoms with E-state index in [1.807, 2.05) is 0 Å². The highest BCUT2D eigenvalue weighted by Gasteiger charge is 2.19. The fraction of sp³-hybridized carbons (Fsp3) is 1.00. The first-order chi connectivity index (χ1) is 5.86. The quantitative estimate of drug-likeness (QED) is 0.682. The third-order valence-electron chi connectivity index (χ3n) is 3.16. The number of hydrogen-bond acceptors (Lipinski definition) is 1. The van der Waals surface area contributed by atoms with Gasteiger partial charge in [-0.15, -0.1) is 0 Å². The highest BCUT2D eigenvalue weighted by Crippen LogP contribution is 2.27. The van der Waals surface area contributed by atoms with E-state index in [0.29, 0.717) is 0 Å². The van der Waals surface area contributed by atoms with E-state index >= 15 is 0 Å².